The molecule has 0 aliphatic heterocycles. The van der Waals surface area contributed by atoms with Gasteiger partial charge in [0.2, 0.25) is 0 Å². The number of carboxylic acid groups (broad SMARTS) is 1. The number of rotatable bonds is 5. The van der Waals surface area contributed by atoms with Crippen molar-refractivity contribution >= 4 is 23.5 Å². The maximum Gasteiger partial charge on any atom is 0.303 e. The summed E-state index contributed by atoms with van der Waals surface area (Å²) in [6, 6.07) is 1.56. The van der Waals surface area contributed by atoms with Crippen LogP contribution in [0, 0.1) is 5.41 Å². The molecule has 1 saturated carbocycles. The van der Waals surface area contributed by atoms with E-state index < -0.39 is 5.97 Å². The fraction of sp³-hybridized carbons (Fsp3) is 0.571. The molecule has 1 heterocycles. The minimum atomic E-state index is -0.802. The Morgan fingerprint density at radius 3 is 2.60 bits per heavy atom. The molecule has 0 spiro atoms. The third-order valence-corrected chi connectivity index (χ3v) is 4.18. The van der Waals surface area contributed by atoms with Crippen molar-refractivity contribution in [2.75, 3.05) is 6.54 Å². The Hall–Kier alpha value is -1.49. The predicted octanol–water partition coefficient (Wildman–Crippen LogP) is 2.82. The standard InChI is InChI=1S/C14H19ClN2O3/c15-10-6-11(16-8-10)13(20)17-9-14(7-12(18)19)4-2-1-3-5-14/h6,8,16H,1-5,7,9H2,(H,17,20)(H,18,19). The van der Waals surface area contributed by atoms with Crippen LogP contribution in [-0.4, -0.2) is 28.5 Å². The van der Waals surface area contributed by atoms with Crippen LogP contribution in [0.5, 0.6) is 0 Å². The number of aliphatic carboxylic acids is 1. The van der Waals surface area contributed by atoms with Crippen LogP contribution in [-0.2, 0) is 4.79 Å². The van der Waals surface area contributed by atoms with E-state index in [0.29, 0.717) is 17.3 Å². The molecule has 1 amide bonds. The molecule has 6 heteroatoms. The van der Waals surface area contributed by atoms with Crippen molar-refractivity contribution in [3.63, 3.8) is 0 Å². The van der Waals surface area contributed by atoms with Crippen LogP contribution in [0.15, 0.2) is 12.3 Å². The third-order valence-electron chi connectivity index (χ3n) is 3.96. The fourth-order valence-corrected chi connectivity index (χ4v) is 3.06. The van der Waals surface area contributed by atoms with Crippen LogP contribution in [0.1, 0.15) is 49.0 Å². The topological polar surface area (TPSA) is 82.2 Å². The molecule has 0 bridgehead atoms. The van der Waals surface area contributed by atoms with Crippen molar-refractivity contribution in [3.8, 4) is 0 Å². The monoisotopic (exact) mass is 298 g/mol. The lowest BCUT2D eigenvalue weighted by atomic mass is 9.71. The zero-order valence-electron chi connectivity index (χ0n) is 11.2. The van der Waals surface area contributed by atoms with Gasteiger partial charge in [0.05, 0.1) is 11.4 Å². The largest absolute Gasteiger partial charge is 0.481 e. The first-order valence-corrected chi connectivity index (χ1v) is 7.22. The number of carbonyl (C=O) groups excluding carboxylic acids is 1. The van der Waals surface area contributed by atoms with Crippen LogP contribution < -0.4 is 5.32 Å². The van der Waals surface area contributed by atoms with Gasteiger partial charge in [0.1, 0.15) is 5.69 Å². The summed E-state index contributed by atoms with van der Waals surface area (Å²) < 4.78 is 0. The predicted molar refractivity (Wildman–Crippen MR) is 75.9 cm³/mol. The summed E-state index contributed by atoms with van der Waals surface area (Å²) in [5.74, 6) is -1.05. The maximum absolute atomic E-state index is 12.0. The molecule has 1 aromatic heterocycles. The van der Waals surface area contributed by atoms with Crippen LogP contribution in [0.4, 0.5) is 0 Å². The summed E-state index contributed by atoms with van der Waals surface area (Å²) in [6.45, 7) is 0.398. The quantitative estimate of drug-likeness (QED) is 0.781. The molecule has 0 unspecified atom stereocenters. The molecule has 5 nitrogen and oxygen atoms in total. The lowest BCUT2D eigenvalue weighted by Crippen LogP contribution is -2.40. The van der Waals surface area contributed by atoms with Gasteiger partial charge < -0.3 is 15.4 Å². The highest BCUT2D eigenvalue weighted by Gasteiger charge is 2.34. The van der Waals surface area contributed by atoms with Crippen LogP contribution >= 0.6 is 11.6 Å². The number of halogens is 1. The molecule has 1 aliphatic carbocycles. The first-order chi connectivity index (χ1) is 9.51. The van der Waals surface area contributed by atoms with Crippen LogP contribution in [0.3, 0.4) is 0 Å². The average Bonchev–Trinajstić information content (AvgIpc) is 2.83. The van der Waals surface area contributed by atoms with Gasteiger partial charge in [-0.1, -0.05) is 30.9 Å². The highest BCUT2D eigenvalue weighted by Crippen LogP contribution is 2.38. The summed E-state index contributed by atoms with van der Waals surface area (Å²) in [6.07, 6.45) is 6.55. The zero-order chi connectivity index (χ0) is 14.6. The van der Waals surface area contributed by atoms with Crippen molar-refractivity contribution in [1.29, 1.82) is 0 Å². The minimum absolute atomic E-state index is 0.110. The lowest BCUT2D eigenvalue weighted by molar-refractivity contribution is -0.140. The Kier molecular flexibility index (Phi) is 4.70. The normalized spacial score (nSPS) is 17.6. The van der Waals surface area contributed by atoms with Crippen molar-refractivity contribution in [2.45, 2.75) is 38.5 Å². The SMILES string of the molecule is O=C(O)CC1(CNC(=O)c2cc(Cl)c[nH]2)CCCCC1. The van der Waals surface area contributed by atoms with Crippen molar-refractivity contribution in [3.05, 3.63) is 23.0 Å². The number of hydrogen-bond donors (Lipinski definition) is 3. The second-order valence-electron chi connectivity index (χ2n) is 5.55. The van der Waals surface area contributed by atoms with Gasteiger partial charge in [0, 0.05) is 12.7 Å². The molecular formula is C14H19ClN2O3. The zero-order valence-corrected chi connectivity index (χ0v) is 12.0. The van der Waals surface area contributed by atoms with Gasteiger partial charge in [-0.2, -0.15) is 0 Å². The lowest BCUT2D eigenvalue weighted by Gasteiger charge is -2.36. The number of hydrogen-bond acceptors (Lipinski definition) is 2. The Morgan fingerprint density at radius 1 is 1.35 bits per heavy atom. The third kappa shape index (κ3) is 3.76. The van der Waals surface area contributed by atoms with E-state index in [1.165, 1.54) is 0 Å². The highest BCUT2D eigenvalue weighted by atomic mass is 35.5. The molecule has 110 valence electrons. The number of aromatic nitrogens is 1. The molecule has 2 rings (SSSR count). The van der Waals surface area contributed by atoms with E-state index >= 15 is 0 Å². The summed E-state index contributed by atoms with van der Waals surface area (Å²) in [5.41, 5.74) is 0.0899. The van der Waals surface area contributed by atoms with E-state index in [0.717, 1.165) is 32.1 Å². The van der Waals surface area contributed by atoms with Gasteiger partial charge in [-0.15, -0.1) is 0 Å². The molecule has 3 N–H and O–H groups in total. The Balaban J connectivity index is 1.97. The Morgan fingerprint density at radius 2 is 2.05 bits per heavy atom. The minimum Gasteiger partial charge on any atom is -0.481 e. The van der Waals surface area contributed by atoms with E-state index in [9.17, 15) is 9.59 Å². The summed E-state index contributed by atoms with van der Waals surface area (Å²) in [7, 11) is 0. The molecule has 1 aromatic rings. The maximum atomic E-state index is 12.0. The van der Waals surface area contributed by atoms with Crippen molar-refractivity contribution in [1.82, 2.24) is 10.3 Å². The summed E-state index contributed by atoms with van der Waals surface area (Å²) >= 11 is 5.76. The van der Waals surface area contributed by atoms with Gasteiger partial charge >= 0.3 is 5.97 Å². The van der Waals surface area contributed by atoms with E-state index in [1.807, 2.05) is 0 Å². The number of carbonyl (C=O) groups is 2. The Bertz CT molecular complexity index is 492. The van der Waals surface area contributed by atoms with Crippen LogP contribution in [0.2, 0.25) is 5.02 Å². The van der Waals surface area contributed by atoms with E-state index in [4.69, 9.17) is 16.7 Å². The van der Waals surface area contributed by atoms with Gasteiger partial charge in [-0.25, -0.2) is 0 Å². The fourth-order valence-electron chi connectivity index (χ4n) is 2.90. The second-order valence-corrected chi connectivity index (χ2v) is 5.98. The number of nitrogens with one attached hydrogen (secondary N) is 2. The number of carboxylic acids is 1. The summed E-state index contributed by atoms with van der Waals surface area (Å²) in [4.78, 5) is 25.8. The van der Waals surface area contributed by atoms with Crippen molar-refractivity contribution in [2.24, 2.45) is 5.41 Å². The van der Waals surface area contributed by atoms with Crippen LogP contribution in [0.25, 0.3) is 0 Å². The number of H-pyrrole nitrogens is 1. The number of aromatic amines is 1. The molecule has 0 aromatic carbocycles. The van der Waals surface area contributed by atoms with E-state index in [1.54, 1.807) is 12.3 Å². The average molecular weight is 299 g/mol. The molecule has 0 radical (unpaired) electrons. The molecule has 20 heavy (non-hydrogen) atoms. The molecular weight excluding hydrogens is 280 g/mol. The van der Waals surface area contributed by atoms with Gasteiger partial charge in [0.15, 0.2) is 0 Å². The first-order valence-electron chi connectivity index (χ1n) is 6.85. The van der Waals surface area contributed by atoms with Crippen molar-refractivity contribution < 1.29 is 14.7 Å². The van der Waals surface area contributed by atoms with Gasteiger partial charge in [-0.3, -0.25) is 9.59 Å². The first kappa shape index (κ1) is 14.9. The van der Waals surface area contributed by atoms with Gasteiger partial charge in [-0.05, 0) is 24.3 Å². The van der Waals surface area contributed by atoms with E-state index in [-0.39, 0.29) is 17.7 Å². The van der Waals surface area contributed by atoms with E-state index in [2.05, 4.69) is 10.3 Å². The smallest absolute Gasteiger partial charge is 0.303 e. The second kappa shape index (κ2) is 6.31. The molecule has 1 fully saturated rings. The van der Waals surface area contributed by atoms with Gasteiger partial charge in [0.25, 0.3) is 5.91 Å². The molecule has 1 aliphatic rings. The molecule has 0 saturated heterocycles. The molecule has 0 atom stereocenters. The number of amides is 1. The summed E-state index contributed by atoms with van der Waals surface area (Å²) in [5, 5.41) is 12.4. The highest BCUT2D eigenvalue weighted by molar-refractivity contribution is 6.30. The Labute approximate surface area is 122 Å².